The monoisotopic (exact) mass is 422 g/mol. The smallest absolute Gasteiger partial charge is 0.416 e. The average Bonchev–Trinajstić information content (AvgIpc) is 3.36. The van der Waals surface area contributed by atoms with Crippen LogP contribution in [0.1, 0.15) is 29.4 Å². The molecule has 1 aliphatic carbocycles. The summed E-state index contributed by atoms with van der Waals surface area (Å²) >= 11 is 5.83. The number of aromatic nitrogens is 2. The van der Waals surface area contributed by atoms with Gasteiger partial charge in [0.2, 0.25) is 5.89 Å². The van der Waals surface area contributed by atoms with Crippen molar-refractivity contribution in [3.8, 4) is 11.5 Å². The van der Waals surface area contributed by atoms with Crippen LogP contribution in [0.15, 0.2) is 52.9 Å². The summed E-state index contributed by atoms with van der Waals surface area (Å²) in [5.41, 5.74) is 0.0556. The molecule has 0 radical (unpaired) electrons. The largest absolute Gasteiger partial charge is 0.455 e. The lowest BCUT2D eigenvalue weighted by molar-refractivity contribution is -0.147. The summed E-state index contributed by atoms with van der Waals surface area (Å²) in [4.78, 5) is 12.2. The Morgan fingerprint density at radius 3 is 2.59 bits per heavy atom. The van der Waals surface area contributed by atoms with E-state index >= 15 is 0 Å². The highest BCUT2D eigenvalue weighted by Gasteiger charge is 2.48. The van der Waals surface area contributed by atoms with Crippen LogP contribution in [0.25, 0.3) is 11.5 Å². The molecule has 29 heavy (non-hydrogen) atoms. The minimum Gasteiger partial charge on any atom is -0.455 e. The van der Waals surface area contributed by atoms with Crippen molar-refractivity contribution < 1.29 is 27.1 Å². The topological polar surface area (TPSA) is 65.2 Å². The molecule has 0 amide bonds. The second-order valence-corrected chi connectivity index (χ2v) is 7.09. The maximum atomic E-state index is 13.1. The van der Waals surface area contributed by atoms with Gasteiger partial charge in [0.1, 0.15) is 0 Å². The standard InChI is InChI=1S/C20H14ClF3N2O3/c21-12-7-5-11(6-8-12)18-26-25-17(29-18)10-28-19(27)15-9-14(15)13-3-1-2-4-16(13)20(22,23)24/h1-8,14-15H,9-10H2. The molecule has 0 N–H and O–H groups in total. The molecule has 1 heterocycles. The molecule has 2 aromatic carbocycles. The van der Waals surface area contributed by atoms with Crippen LogP contribution in [0.3, 0.4) is 0 Å². The molecular formula is C20H14ClF3N2O3. The van der Waals surface area contributed by atoms with Gasteiger partial charge in [0.25, 0.3) is 5.89 Å². The predicted molar refractivity (Wildman–Crippen MR) is 96.8 cm³/mol. The molecule has 1 saturated carbocycles. The van der Waals surface area contributed by atoms with Crippen LogP contribution in [0.5, 0.6) is 0 Å². The molecule has 4 rings (SSSR count). The highest BCUT2D eigenvalue weighted by atomic mass is 35.5. The molecule has 3 aromatic rings. The average molecular weight is 423 g/mol. The first kappa shape index (κ1) is 19.4. The Bertz CT molecular complexity index is 1030. The van der Waals surface area contributed by atoms with E-state index in [9.17, 15) is 18.0 Å². The molecule has 0 saturated heterocycles. The van der Waals surface area contributed by atoms with E-state index in [-0.39, 0.29) is 24.0 Å². The van der Waals surface area contributed by atoms with Crippen molar-refractivity contribution in [1.82, 2.24) is 10.2 Å². The van der Waals surface area contributed by atoms with Gasteiger partial charge < -0.3 is 9.15 Å². The minimum absolute atomic E-state index is 0.0937. The van der Waals surface area contributed by atoms with Gasteiger partial charge in [0.15, 0.2) is 6.61 Å². The summed E-state index contributed by atoms with van der Waals surface area (Å²) in [6, 6.07) is 12.0. The SMILES string of the molecule is O=C(OCc1nnc(-c2ccc(Cl)cc2)o1)C1CC1c1ccccc1C(F)(F)F. The highest BCUT2D eigenvalue weighted by molar-refractivity contribution is 6.30. The summed E-state index contributed by atoms with van der Waals surface area (Å²) in [7, 11) is 0. The minimum atomic E-state index is -4.46. The van der Waals surface area contributed by atoms with Crippen molar-refractivity contribution in [3.05, 3.63) is 70.6 Å². The summed E-state index contributed by atoms with van der Waals surface area (Å²) in [5, 5.41) is 8.26. The zero-order valence-corrected chi connectivity index (χ0v) is 15.6. The van der Waals surface area contributed by atoms with Crippen LogP contribution in [0.4, 0.5) is 13.2 Å². The summed E-state index contributed by atoms with van der Waals surface area (Å²) in [6.45, 7) is -0.246. The van der Waals surface area contributed by atoms with E-state index in [0.29, 0.717) is 17.0 Å². The Balaban J connectivity index is 1.37. The third-order valence-electron chi connectivity index (χ3n) is 4.65. The molecule has 1 aromatic heterocycles. The molecule has 0 aliphatic heterocycles. The predicted octanol–water partition coefficient (Wildman–Crippen LogP) is 5.26. The summed E-state index contributed by atoms with van der Waals surface area (Å²) < 4.78 is 50.0. The van der Waals surface area contributed by atoms with Gasteiger partial charge in [0.05, 0.1) is 11.5 Å². The van der Waals surface area contributed by atoms with Crippen LogP contribution >= 0.6 is 11.6 Å². The molecule has 1 fully saturated rings. The molecule has 0 spiro atoms. The molecule has 0 bridgehead atoms. The van der Waals surface area contributed by atoms with Crippen LogP contribution in [0, 0.1) is 5.92 Å². The summed E-state index contributed by atoms with van der Waals surface area (Å²) in [6.07, 6.45) is -4.15. The van der Waals surface area contributed by atoms with Crippen LogP contribution in [0.2, 0.25) is 5.02 Å². The van der Waals surface area contributed by atoms with Crippen molar-refractivity contribution in [2.45, 2.75) is 25.1 Å². The Kier molecular flexibility index (Phi) is 5.04. The number of alkyl halides is 3. The van der Waals surface area contributed by atoms with Crippen LogP contribution in [-0.4, -0.2) is 16.2 Å². The van der Waals surface area contributed by atoms with E-state index in [0.717, 1.165) is 6.07 Å². The number of nitrogens with zero attached hydrogens (tertiary/aromatic N) is 2. The number of carbonyl (C=O) groups excluding carboxylic acids is 1. The first-order chi connectivity index (χ1) is 13.8. The quantitative estimate of drug-likeness (QED) is 0.525. The third kappa shape index (κ3) is 4.27. The fourth-order valence-corrected chi connectivity index (χ4v) is 3.26. The summed E-state index contributed by atoms with van der Waals surface area (Å²) in [5.74, 6) is -1.37. The molecule has 9 heteroatoms. The third-order valence-corrected chi connectivity index (χ3v) is 4.91. The molecule has 5 nitrogen and oxygen atoms in total. The Morgan fingerprint density at radius 1 is 1.14 bits per heavy atom. The number of ether oxygens (including phenoxy) is 1. The number of hydrogen-bond donors (Lipinski definition) is 0. The molecule has 150 valence electrons. The maximum Gasteiger partial charge on any atom is 0.416 e. The van der Waals surface area contributed by atoms with Gasteiger partial charge in [-0.1, -0.05) is 29.8 Å². The van der Waals surface area contributed by atoms with Gasteiger partial charge in [0, 0.05) is 10.6 Å². The Hall–Kier alpha value is -2.87. The highest BCUT2D eigenvalue weighted by Crippen LogP contribution is 2.51. The normalized spacial score (nSPS) is 18.5. The van der Waals surface area contributed by atoms with E-state index < -0.39 is 29.5 Å². The van der Waals surface area contributed by atoms with Gasteiger partial charge in [-0.3, -0.25) is 4.79 Å². The molecule has 2 atom stereocenters. The lowest BCUT2D eigenvalue weighted by Gasteiger charge is -2.12. The van der Waals surface area contributed by atoms with Gasteiger partial charge in [-0.05, 0) is 48.2 Å². The van der Waals surface area contributed by atoms with Crippen molar-refractivity contribution >= 4 is 17.6 Å². The first-order valence-corrected chi connectivity index (χ1v) is 9.12. The van der Waals surface area contributed by atoms with Crippen molar-refractivity contribution in [3.63, 3.8) is 0 Å². The van der Waals surface area contributed by atoms with Gasteiger partial charge >= 0.3 is 12.1 Å². The molecule has 1 aliphatic rings. The number of benzene rings is 2. The second kappa shape index (κ2) is 7.51. The fourth-order valence-electron chi connectivity index (χ4n) is 3.14. The maximum absolute atomic E-state index is 13.1. The van der Waals surface area contributed by atoms with Crippen LogP contribution < -0.4 is 0 Å². The molecular weight excluding hydrogens is 409 g/mol. The van der Waals surface area contributed by atoms with E-state index in [1.807, 2.05) is 0 Å². The Morgan fingerprint density at radius 2 is 1.86 bits per heavy atom. The fraction of sp³-hybridized carbons (Fsp3) is 0.250. The van der Waals surface area contributed by atoms with Gasteiger partial charge in [-0.25, -0.2) is 0 Å². The first-order valence-electron chi connectivity index (χ1n) is 8.74. The van der Waals surface area contributed by atoms with E-state index in [1.54, 1.807) is 24.3 Å². The number of esters is 1. The van der Waals surface area contributed by atoms with Gasteiger partial charge in [-0.2, -0.15) is 13.2 Å². The zero-order chi connectivity index (χ0) is 20.6. The Labute approximate surface area is 168 Å². The van der Waals surface area contributed by atoms with Gasteiger partial charge in [-0.15, -0.1) is 10.2 Å². The van der Waals surface area contributed by atoms with Crippen molar-refractivity contribution in [2.24, 2.45) is 5.92 Å². The van der Waals surface area contributed by atoms with Crippen molar-refractivity contribution in [1.29, 1.82) is 0 Å². The number of hydrogen-bond acceptors (Lipinski definition) is 5. The number of carbonyl (C=O) groups is 1. The van der Waals surface area contributed by atoms with Crippen LogP contribution in [-0.2, 0) is 22.3 Å². The second-order valence-electron chi connectivity index (χ2n) is 6.65. The van der Waals surface area contributed by atoms with E-state index in [2.05, 4.69) is 10.2 Å². The van der Waals surface area contributed by atoms with E-state index in [4.69, 9.17) is 20.8 Å². The number of rotatable bonds is 5. The number of halogens is 4. The lowest BCUT2D eigenvalue weighted by Crippen LogP contribution is -2.11. The molecule has 2 unspecified atom stereocenters. The lowest BCUT2D eigenvalue weighted by atomic mass is 10.0. The van der Waals surface area contributed by atoms with Crippen molar-refractivity contribution in [2.75, 3.05) is 0 Å². The zero-order valence-electron chi connectivity index (χ0n) is 14.8. The van der Waals surface area contributed by atoms with E-state index in [1.165, 1.54) is 18.2 Å².